The Hall–Kier alpha value is -1.61. The molecule has 0 radical (unpaired) electrons. The van der Waals surface area contributed by atoms with E-state index in [0.29, 0.717) is 22.2 Å². The Balaban J connectivity index is 2.15. The predicted octanol–water partition coefficient (Wildman–Crippen LogP) is 2.76. The smallest absolute Gasteiger partial charge is 0.397 e. The Bertz CT molecular complexity index is 811. The normalized spacial score (nSPS) is 19.0. The van der Waals surface area contributed by atoms with Crippen molar-refractivity contribution < 1.29 is 28.7 Å². The summed E-state index contributed by atoms with van der Waals surface area (Å²) in [5, 5.41) is -1.43. The van der Waals surface area contributed by atoms with Crippen molar-refractivity contribution in [1.82, 2.24) is 4.90 Å². The van der Waals surface area contributed by atoms with Gasteiger partial charge >= 0.3 is 11.9 Å². The number of nitrogens with zero attached hydrogens (tertiary/aromatic N) is 1. The van der Waals surface area contributed by atoms with Crippen molar-refractivity contribution in [2.75, 3.05) is 6.61 Å². The minimum absolute atomic E-state index is 0.161. The van der Waals surface area contributed by atoms with Gasteiger partial charge in [0.2, 0.25) is 14.8 Å². The second-order valence-corrected chi connectivity index (χ2v) is 9.48. The highest BCUT2D eigenvalue weighted by Crippen LogP contribution is 2.39. The first-order valence-corrected chi connectivity index (χ1v) is 9.89. The molecular weight excluding hydrogens is 453 g/mol. The molecule has 0 bridgehead atoms. The quantitative estimate of drug-likeness (QED) is 0.285. The summed E-state index contributed by atoms with van der Waals surface area (Å²) in [6, 6.07) is 8.17. The largest absolute Gasteiger partial charge is 0.454 e. The third-order valence-electron chi connectivity index (χ3n) is 3.66. The highest BCUT2D eigenvalue weighted by molar-refractivity contribution is 8.14. The number of rotatable bonds is 5. The van der Waals surface area contributed by atoms with Crippen LogP contribution in [0.5, 0.6) is 0 Å². The molecule has 11 heteroatoms. The molecule has 1 aromatic carbocycles. The van der Waals surface area contributed by atoms with Gasteiger partial charge in [0.25, 0.3) is 0 Å². The Labute approximate surface area is 179 Å². The molecule has 2 amide bonds. The van der Waals surface area contributed by atoms with Crippen LogP contribution < -0.4 is 0 Å². The summed E-state index contributed by atoms with van der Waals surface area (Å²) in [7, 11) is 0. The van der Waals surface area contributed by atoms with Gasteiger partial charge in [-0.15, -0.1) is 0 Å². The first kappa shape index (κ1) is 22.7. The standard InChI is InChI=1S/C17H14Cl3NO6S/c1-9(22)7-11-12(23)21(13(24)15(25)27-8-17(18,19)20)14(11)28-16(26)10-5-3-2-4-6-10/h2-6,11,14H,7-8H2,1H3/t11-,14-/m1/s1. The van der Waals surface area contributed by atoms with E-state index in [9.17, 15) is 24.0 Å². The van der Waals surface area contributed by atoms with Gasteiger partial charge in [-0.05, 0) is 6.92 Å². The molecule has 0 saturated carbocycles. The maximum atomic E-state index is 12.4. The summed E-state index contributed by atoms with van der Waals surface area (Å²) < 4.78 is 2.66. The fraction of sp³-hybridized carbons (Fsp3) is 0.353. The third-order valence-corrected chi connectivity index (χ3v) is 5.22. The Morgan fingerprint density at radius 2 is 1.75 bits per heavy atom. The lowest BCUT2D eigenvalue weighted by atomic mass is 9.92. The number of carbonyl (C=O) groups is 5. The number of thioether (sulfide) groups is 1. The van der Waals surface area contributed by atoms with Crippen molar-refractivity contribution in [3.63, 3.8) is 0 Å². The Morgan fingerprint density at radius 3 is 2.29 bits per heavy atom. The van der Waals surface area contributed by atoms with Crippen molar-refractivity contribution >= 4 is 75.2 Å². The van der Waals surface area contributed by atoms with Crippen molar-refractivity contribution in [3.05, 3.63) is 35.9 Å². The van der Waals surface area contributed by atoms with Crippen LogP contribution in [-0.4, -0.2) is 49.4 Å². The minimum Gasteiger partial charge on any atom is -0.454 e. The van der Waals surface area contributed by atoms with Gasteiger partial charge in [0.15, 0.2) is 0 Å². The molecule has 1 aromatic rings. The molecule has 2 rings (SSSR count). The van der Waals surface area contributed by atoms with E-state index < -0.39 is 44.6 Å². The van der Waals surface area contributed by atoms with Gasteiger partial charge in [0.05, 0.1) is 5.92 Å². The number of halogens is 3. The van der Waals surface area contributed by atoms with Gasteiger partial charge in [-0.2, -0.15) is 0 Å². The lowest BCUT2D eigenvalue weighted by molar-refractivity contribution is -0.172. The van der Waals surface area contributed by atoms with Crippen molar-refractivity contribution in [3.8, 4) is 0 Å². The van der Waals surface area contributed by atoms with E-state index in [2.05, 4.69) is 4.74 Å². The van der Waals surface area contributed by atoms with E-state index in [1.807, 2.05) is 0 Å². The molecule has 7 nitrogen and oxygen atoms in total. The van der Waals surface area contributed by atoms with Crippen LogP contribution in [0, 0.1) is 5.92 Å². The van der Waals surface area contributed by atoms with Crippen LogP contribution in [-0.2, 0) is 23.9 Å². The van der Waals surface area contributed by atoms with Crippen molar-refractivity contribution in [2.24, 2.45) is 5.92 Å². The zero-order valence-electron chi connectivity index (χ0n) is 14.4. The van der Waals surface area contributed by atoms with Crippen molar-refractivity contribution in [1.29, 1.82) is 0 Å². The number of hydrogen-bond donors (Lipinski definition) is 0. The van der Waals surface area contributed by atoms with E-state index in [4.69, 9.17) is 34.8 Å². The predicted molar refractivity (Wildman–Crippen MR) is 104 cm³/mol. The van der Waals surface area contributed by atoms with Crippen molar-refractivity contribution in [2.45, 2.75) is 22.5 Å². The van der Waals surface area contributed by atoms with Gasteiger partial charge in [-0.3, -0.25) is 19.3 Å². The van der Waals surface area contributed by atoms with Gasteiger partial charge in [0.1, 0.15) is 17.8 Å². The molecule has 1 saturated heterocycles. The van der Waals surface area contributed by atoms with Crippen LogP contribution >= 0.6 is 46.6 Å². The molecule has 1 fully saturated rings. The fourth-order valence-corrected chi connectivity index (χ4v) is 3.77. The van der Waals surface area contributed by atoms with Gasteiger partial charge in [-0.25, -0.2) is 4.79 Å². The van der Waals surface area contributed by atoms with Crippen LogP contribution in [0.15, 0.2) is 30.3 Å². The molecule has 1 heterocycles. The second-order valence-electron chi connectivity index (χ2n) is 5.88. The Kier molecular flexibility index (Phi) is 7.50. The molecule has 150 valence electrons. The third kappa shape index (κ3) is 5.70. The number of Topliss-reactive ketones (excluding diaryl/α,β-unsaturated/α-hetero) is 1. The number of carbonyl (C=O) groups excluding carboxylic acids is 5. The summed E-state index contributed by atoms with van der Waals surface area (Å²) in [4.78, 5) is 61.0. The number of amides is 2. The topological polar surface area (TPSA) is 97.8 Å². The number of ketones is 1. The van der Waals surface area contributed by atoms with Gasteiger partial charge in [0, 0.05) is 12.0 Å². The number of likely N-dealkylation sites (tertiary alicyclic amines) is 1. The number of β-lactam (4-membered cyclic amide) rings is 1. The van der Waals surface area contributed by atoms with E-state index in [1.165, 1.54) is 6.92 Å². The van der Waals surface area contributed by atoms with Gasteiger partial charge < -0.3 is 9.53 Å². The molecule has 1 aliphatic rings. The summed E-state index contributed by atoms with van der Waals surface area (Å²) in [5.74, 6) is -4.64. The Morgan fingerprint density at radius 1 is 1.14 bits per heavy atom. The zero-order chi connectivity index (χ0) is 21.1. The highest BCUT2D eigenvalue weighted by Gasteiger charge is 2.54. The molecule has 0 aromatic heterocycles. The number of alkyl halides is 3. The highest BCUT2D eigenvalue weighted by atomic mass is 35.6. The van der Waals surface area contributed by atoms with E-state index in [-0.39, 0.29) is 12.2 Å². The summed E-state index contributed by atoms with van der Waals surface area (Å²) in [5.41, 5.74) is 0.347. The van der Waals surface area contributed by atoms with Crippen LogP contribution in [0.3, 0.4) is 0 Å². The molecule has 0 N–H and O–H groups in total. The first-order chi connectivity index (χ1) is 13.0. The fourth-order valence-electron chi connectivity index (χ4n) is 2.43. The maximum absolute atomic E-state index is 12.4. The monoisotopic (exact) mass is 465 g/mol. The number of benzene rings is 1. The maximum Gasteiger partial charge on any atom is 0.397 e. The molecule has 1 aliphatic heterocycles. The van der Waals surface area contributed by atoms with E-state index in [1.54, 1.807) is 30.3 Å². The minimum atomic E-state index is -1.93. The number of hydrogen-bond acceptors (Lipinski definition) is 7. The van der Waals surface area contributed by atoms with Crippen LogP contribution in [0.4, 0.5) is 0 Å². The van der Waals surface area contributed by atoms with Crippen LogP contribution in [0.1, 0.15) is 23.7 Å². The van der Waals surface area contributed by atoms with Crippen LogP contribution in [0.2, 0.25) is 0 Å². The average Bonchev–Trinajstić information content (AvgIpc) is 2.63. The molecule has 2 atom stereocenters. The summed E-state index contributed by atoms with van der Waals surface area (Å²) in [6.45, 7) is 0.593. The number of esters is 1. The summed E-state index contributed by atoms with van der Waals surface area (Å²) in [6.07, 6.45) is -0.161. The molecular formula is C17H14Cl3NO6S. The lowest BCUT2D eigenvalue weighted by Gasteiger charge is -2.43. The van der Waals surface area contributed by atoms with E-state index in [0.717, 1.165) is 0 Å². The van der Waals surface area contributed by atoms with Crippen LogP contribution in [0.25, 0.3) is 0 Å². The van der Waals surface area contributed by atoms with Gasteiger partial charge in [-0.1, -0.05) is 76.9 Å². The number of imide groups is 1. The first-order valence-electron chi connectivity index (χ1n) is 7.87. The molecule has 0 unspecified atom stereocenters. The molecule has 0 aliphatic carbocycles. The SMILES string of the molecule is CC(=O)C[C@@H]1C(=O)N(C(=O)C(=O)OCC(Cl)(Cl)Cl)[C@@H]1SC(=O)c1ccccc1. The molecule has 0 spiro atoms. The lowest BCUT2D eigenvalue weighted by Crippen LogP contribution is -2.64. The molecule has 28 heavy (non-hydrogen) atoms. The zero-order valence-corrected chi connectivity index (χ0v) is 17.5. The average molecular weight is 467 g/mol. The second kappa shape index (κ2) is 9.26. The number of ether oxygens (including phenoxy) is 1. The van der Waals surface area contributed by atoms with E-state index >= 15 is 0 Å². The summed E-state index contributed by atoms with van der Waals surface area (Å²) >= 11 is 17.1.